The number of alkyl halides is 3. The zero-order valence-electron chi connectivity index (χ0n) is 8.75. The van der Waals surface area contributed by atoms with Gasteiger partial charge in [-0.2, -0.15) is 13.2 Å². The second kappa shape index (κ2) is 4.94. The van der Waals surface area contributed by atoms with Gasteiger partial charge < -0.3 is 14.6 Å². The van der Waals surface area contributed by atoms with Crippen molar-refractivity contribution in [1.29, 1.82) is 0 Å². The van der Waals surface area contributed by atoms with Crippen molar-refractivity contribution in [3.05, 3.63) is 23.8 Å². The van der Waals surface area contributed by atoms with Gasteiger partial charge in [-0.25, -0.2) is 4.79 Å². The summed E-state index contributed by atoms with van der Waals surface area (Å²) in [5.74, 6) is -1.37. The molecule has 4 nitrogen and oxygen atoms in total. The summed E-state index contributed by atoms with van der Waals surface area (Å²) < 4.78 is 44.9. The molecule has 0 radical (unpaired) electrons. The normalized spacial score (nSPS) is 11.1. The Morgan fingerprint density at radius 3 is 2.35 bits per heavy atom. The van der Waals surface area contributed by atoms with Gasteiger partial charge in [-0.3, -0.25) is 0 Å². The van der Waals surface area contributed by atoms with E-state index < -0.39 is 18.8 Å². The lowest BCUT2D eigenvalue weighted by Crippen LogP contribution is -2.19. The van der Waals surface area contributed by atoms with E-state index in [0.29, 0.717) is 0 Å². The number of hydrogen-bond donors (Lipinski definition) is 1. The maximum atomic E-state index is 11.9. The predicted octanol–water partition coefficient (Wildman–Crippen LogP) is 2.33. The zero-order valence-corrected chi connectivity index (χ0v) is 8.75. The lowest BCUT2D eigenvalue weighted by Gasteiger charge is -2.11. The first-order valence-corrected chi connectivity index (χ1v) is 4.44. The Morgan fingerprint density at radius 1 is 1.29 bits per heavy atom. The predicted molar refractivity (Wildman–Crippen MR) is 51.5 cm³/mol. The van der Waals surface area contributed by atoms with Crippen LogP contribution in [-0.4, -0.2) is 31.0 Å². The number of halogens is 3. The number of methoxy groups -OCH3 is 1. The van der Waals surface area contributed by atoms with Gasteiger partial charge in [0.05, 0.1) is 12.7 Å². The first kappa shape index (κ1) is 13.1. The number of carboxylic acids is 1. The molecule has 0 unspecified atom stereocenters. The molecule has 0 saturated heterocycles. The van der Waals surface area contributed by atoms with Gasteiger partial charge in [0.2, 0.25) is 0 Å². The monoisotopic (exact) mass is 250 g/mol. The van der Waals surface area contributed by atoms with Gasteiger partial charge in [0.1, 0.15) is 11.5 Å². The zero-order chi connectivity index (χ0) is 13.1. The number of benzene rings is 1. The lowest BCUT2D eigenvalue weighted by atomic mass is 10.2. The van der Waals surface area contributed by atoms with E-state index in [-0.39, 0.29) is 17.1 Å². The van der Waals surface area contributed by atoms with Crippen molar-refractivity contribution in [2.75, 3.05) is 13.7 Å². The number of carboxylic acid groups (broad SMARTS) is 1. The first-order chi connectivity index (χ1) is 7.81. The highest BCUT2D eigenvalue weighted by atomic mass is 19.4. The minimum absolute atomic E-state index is 0.113. The van der Waals surface area contributed by atoms with Gasteiger partial charge in [0, 0.05) is 6.07 Å². The molecule has 0 fully saturated rings. The Bertz CT molecular complexity index is 415. The number of ether oxygens (including phenoxy) is 2. The third kappa shape index (κ3) is 4.21. The van der Waals surface area contributed by atoms with E-state index in [1.54, 1.807) is 0 Å². The number of carbonyl (C=O) groups is 1. The second-order valence-electron chi connectivity index (χ2n) is 3.11. The Labute approximate surface area is 94.6 Å². The Hall–Kier alpha value is -1.92. The van der Waals surface area contributed by atoms with Crippen molar-refractivity contribution in [3.8, 4) is 11.5 Å². The number of hydrogen-bond acceptors (Lipinski definition) is 3. The highest BCUT2D eigenvalue weighted by Crippen LogP contribution is 2.24. The summed E-state index contributed by atoms with van der Waals surface area (Å²) in [6.45, 7) is -1.49. The van der Waals surface area contributed by atoms with E-state index in [9.17, 15) is 18.0 Å². The molecule has 0 aromatic heterocycles. The molecular weight excluding hydrogens is 241 g/mol. The quantitative estimate of drug-likeness (QED) is 0.891. The van der Waals surface area contributed by atoms with Gasteiger partial charge in [-0.1, -0.05) is 0 Å². The third-order valence-corrected chi connectivity index (χ3v) is 1.77. The summed E-state index contributed by atoms with van der Waals surface area (Å²) in [7, 11) is 1.27. The smallest absolute Gasteiger partial charge is 0.422 e. The third-order valence-electron chi connectivity index (χ3n) is 1.77. The van der Waals surface area contributed by atoms with E-state index in [1.807, 2.05) is 0 Å². The highest BCUT2D eigenvalue weighted by Gasteiger charge is 2.28. The van der Waals surface area contributed by atoms with Crippen LogP contribution in [-0.2, 0) is 0 Å². The van der Waals surface area contributed by atoms with Crippen molar-refractivity contribution in [1.82, 2.24) is 0 Å². The SMILES string of the molecule is COc1cc(OCC(F)(F)F)cc(C(=O)O)c1. The maximum absolute atomic E-state index is 11.9. The fraction of sp³-hybridized carbons (Fsp3) is 0.300. The molecule has 7 heteroatoms. The Morgan fingerprint density at radius 2 is 1.88 bits per heavy atom. The van der Waals surface area contributed by atoms with Gasteiger partial charge in [-0.05, 0) is 12.1 Å². The van der Waals surface area contributed by atoms with Gasteiger partial charge >= 0.3 is 12.1 Å². The fourth-order valence-electron chi connectivity index (χ4n) is 1.06. The van der Waals surface area contributed by atoms with Crippen LogP contribution < -0.4 is 9.47 Å². The fourth-order valence-corrected chi connectivity index (χ4v) is 1.06. The maximum Gasteiger partial charge on any atom is 0.422 e. The lowest BCUT2D eigenvalue weighted by molar-refractivity contribution is -0.153. The van der Waals surface area contributed by atoms with E-state index in [4.69, 9.17) is 9.84 Å². The van der Waals surface area contributed by atoms with Crippen LogP contribution in [0, 0.1) is 0 Å². The van der Waals surface area contributed by atoms with Crippen molar-refractivity contribution >= 4 is 5.97 Å². The summed E-state index contributed by atoms with van der Waals surface area (Å²) >= 11 is 0. The average Bonchev–Trinajstić information content (AvgIpc) is 2.25. The van der Waals surface area contributed by atoms with E-state index in [2.05, 4.69) is 4.74 Å². The van der Waals surface area contributed by atoms with E-state index in [1.165, 1.54) is 19.2 Å². The van der Waals surface area contributed by atoms with Crippen molar-refractivity contribution in [2.24, 2.45) is 0 Å². The standard InChI is InChI=1S/C10H9F3O4/c1-16-7-2-6(9(14)15)3-8(4-7)17-5-10(11,12)13/h2-4H,5H2,1H3,(H,14,15). The minimum atomic E-state index is -4.48. The summed E-state index contributed by atoms with van der Waals surface area (Å²) in [5, 5.41) is 8.72. The molecule has 1 N–H and O–H groups in total. The molecule has 1 aromatic rings. The van der Waals surface area contributed by atoms with Crippen molar-refractivity contribution in [2.45, 2.75) is 6.18 Å². The van der Waals surface area contributed by atoms with Gasteiger partial charge in [-0.15, -0.1) is 0 Å². The van der Waals surface area contributed by atoms with Crippen LogP contribution in [0.2, 0.25) is 0 Å². The molecule has 0 atom stereocenters. The Kier molecular flexibility index (Phi) is 3.82. The molecule has 94 valence electrons. The molecule has 0 amide bonds. The molecule has 0 bridgehead atoms. The van der Waals surface area contributed by atoms with Crippen LogP contribution in [0.1, 0.15) is 10.4 Å². The Balaban J connectivity index is 2.91. The molecule has 1 aromatic carbocycles. The molecule has 17 heavy (non-hydrogen) atoms. The minimum Gasteiger partial charge on any atom is -0.497 e. The molecule has 0 aliphatic heterocycles. The summed E-state index contributed by atoms with van der Waals surface area (Å²) in [6, 6.07) is 3.36. The molecule has 0 aliphatic rings. The van der Waals surface area contributed by atoms with E-state index >= 15 is 0 Å². The second-order valence-corrected chi connectivity index (χ2v) is 3.11. The molecule has 0 aliphatic carbocycles. The van der Waals surface area contributed by atoms with Crippen molar-refractivity contribution < 1.29 is 32.5 Å². The number of aromatic carboxylic acids is 1. The van der Waals surface area contributed by atoms with Crippen LogP contribution in [0.3, 0.4) is 0 Å². The summed E-state index contributed by atoms with van der Waals surface area (Å²) in [5.41, 5.74) is -0.207. The van der Waals surface area contributed by atoms with Crippen LogP contribution in [0.4, 0.5) is 13.2 Å². The average molecular weight is 250 g/mol. The van der Waals surface area contributed by atoms with Crippen LogP contribution in [0.5, 0.6) is 11.5 Å². The molecule has 0 heterocycles. The molecular formula is C10H9F3O4. The van der Waals surface area contributed by atoms with Crippen LogP contribution in [0.15, 0.2) is 18.2 Å². The summed E-state index contributed by atoms with van der Waals surface area (Å²) in [4.78, 5) is 10.7. The van der Waals surface area contributed by atoms with E-state index in [0.717, 1.165) is 6.07 Å². The molecule has 0 saturated carbocycles. The topological polar surface area (TPSA) is 55.8 Å². The van der Waals surface area contributed by atoms with Gasteiger partial charge in [0.15, 0.2) is 6.61 Å². The molecule has 0 spiro atoms. The highest BCUT2D eigenvalue weighted by molar-refractivity contribution is 5.88. The molecule has 1 rings (SSSR count). The van der Waals surface area contributed by atoms with Crippen LogP contribution in [0.25, 0.3) is 0 Å². The van der Waals surface area contributed by atoms with Gasteiger partial charge in [0.25, 0.3) is 0 Å². The van der Waals surface area contributed by atoms with Crippen molar-refractivity contribution in [3.63, 3.8) is 0 Å². The summed E-state index contributed by atoms with van der Waals surface area (Å²) in [6.07, 6.45) is -4.48. The number of rotatable bonds is 4. The van der Waals surface area contributed by atoms with Crippen LogP contribution >= 0.6 is 0 Å². The first-order valence-electron chi connectivity index (χ1n) is 4.44. The largest absolute Gasteiger partial charge is 0.497 e.